The minimum Gasteiger partial charge on any atom is -0.494 e. The molecule has 0 spiro atoms. The molecule has 25 heavy (non-hydrogen) atoms. The van der Waals surface area contributed by atoms with E-state index >= 15 is 0 Å². The Kier molecular flexibility index (Phi) is 5.50. The number of ether oxygens (including phenoxy) is 1. The van der Waals surface area contributed by atoms with Crippen molar-refractivity contribution in [3.05, 3.63) is 40.7 Å². The van der Waals surface area contributed by atoms with Crippen molar-refractivity contribution in [3.63, 3.8) is 0 Å². The first-order chi connectivity index (χ1) is 12.0. The Bertz CT molecular complexity index is 744. The molecule has 1 N–H and O–H groups in total. The molecule has 134 valence electrons. The molecule has 1 aromatic heterocycles. The van der Waals surface area contributed by atoms with Gasteiger partial charge >= 0.3 is 6.03 Å². The number of nitrogens with one attached hydrogen (secondary N) is 1. The summed E-state index contributed by atoms with van der Waals surface area (Å²) in [6.07, 6.45) is 0. The highest BCUT2D eigenvalue weighted by Gasteiger charge is 2.22. The van der Waals surface area contributed by atoms with Crippen LogP contribution in [-0.4, -0.2) is 54.1 Å². The number of carbonyl (C=O) groups is 1. The minimum atomic E-state index is -0.350. The Morgan fingerprint density at radius 2 is 2.12 bits per heavy atom. The zero-order valence-corrected chi connectivity index (χ0v) is 15.1. The molecule has 2 aromatic rings. The predicted molar refractivity (Wildman–Crippen MR) is 95.7 cm³/mol. The zero-order valence-electron chi connectivity index (χ0n) is 14.3. The fraction of sp³-hybridized carbons (Fsp3) is 0.412. The van der Waals surface area contributed by atoms with Gasteiger partial charge in [0.15, 0.2) is 16.7 Å². The van der Waals surface area contributed by atoms with Crippen LogP contribution in [0.25, 0.3) is 0 Å². The van der Waals surface area contributed by atoms with Crippen LogP contribution in [0.3, 0.4) is 0 Å². The van der Waals surface area contributed by atoms with Crippen molar-refractivity contribution in [1.29, 1.82) is 0 Å². The number of nitrogens with zero attached hydrogens (tertiary/aromatic N) is 3. The number of rotatable bonds is 4. The maximum Gasteiger partial charge on any atom is 0.323 e. The molecule has 1 saturated heterocycles. The normalized spacial score (nSPS) is 15.2. The Balaban J connectivity index is 1.49. The number of carbonyl (C=O) groups excluding carboxylic acids is 1. The van der Waals surface area contributed by atoms with Crippen molar-refractivity contribution >= 4 is 22.5 Å². The van der Waals surface area contributed by atoms with Crippen molar-refractivity contribution in [3.8, 4) is 5.75 Å². The van der Waals surface area contributed by atoms with E-state index in [1.54, 1.807) is 11.0 Å². The smallest absolute Gasteiger partial charge is 0.323 e. The average molecular weight is 364 g/mol. The van der Waals surface area contributed by atoms with Gasteiger partial charge in [0.05, 0.1) is 12.8 Å². The van der Waals surface area contributed by atoms with E-state index in [0.717, 1.165) is 24.3 Å². The highest BCUT2D eigenvalue weighted by atomic mass is 32.1. The van der Waals surface area contributed by atoms with Gasteiger partial charge in [0.25, 0.3) is 0 Å². The number of hydrogen-bond donors (Lipinski definition) is 1. The van der Waals surface area contributed by atoms with E-state index in [4.69, 9.17) is 4.74 Å². The summed E-state index contributed by atoms with van der Waals surface area (Å²) in [6.45, 7) is 5.31. The van der Waals surface area contributed by atoms with Gasteiger partial charge in [0, 0.05) is 38.1 Å². The summed E-state index contributed by atoms with van der Waals surface area (Å²) >= 11 is 1.42. The largest absolute Gasteiger partial charge is 0.494 e. The van der Waals surface area contributed by atoms with E-state index in [2.05, 4.69) is 15.2 Å². The molecule has 2 heterocycles. The summed E-state index contributed by atoms with van der Waals surface area (Å²) in [5.41, 5.74) is 1.80. The highest BCUT2D eigenvalue weighted by Crippen LogP contribution is 2.19. The molecule has 0 aliphatic carbocycles. The second-order valence-electron chi connectivity index (χ2n) is 5.96. The lowest BCUT2D eigenvalue weighted by Gasteiger charge is -2.34. The second-order valence-corrected chi connectivity index (χ2v) is 6.81. The molecule has 8 heteroatoms. The van der Waals surface area contributed by atoms with E-state index in [1.165, 1.54) is 24.5 Å². The molecule has 1 fully saturated rings. The summed E-state index contributed by atoms with van der Waals surface area (Å²) in [6, 6.07) is 4.89. The van der Waals surface area contributed by atoms with Gasteiger partial charge in [-0.1, -0.05) is 6.07 Å². The quantitative estimate of drug-likeness (QED) is 0.906. The number of benzene rings is 1. The third-order valence-electron chi connectivity index (χ3n) is 4.11. The third kappa shape index (κ3) is 4.46. The maximum absolute atomic E-state index is 13.8. The molecule has 0 atom stereocenters. The lowest BCUT2D eigenvalue weighted by molar-refractivity contribution is 0.143. The predicted octanol–water partition coefficient (Wildman–Crippen LogP) is 2.95. The Morgan fingerprint density at radius 1 is 1.36 bits per heavy atom. The Hall–Kier alpha value is -2.19. The van der Waals surface area contributed by atoms with E-state index in [1.807, 2.05) is 18.4 Å². The molecule has 0 unspecified atom stereocenters. The molecule has 1 aromatic carbocycles. The van der Waals surface area contributed by atoms with Crippen LogP contribution in [0, 0.1) is 12.7 Å². The van der Waals surface area contributed by atoms with Crippen LogP contribution in [0.2, 0.25) is 0 Å². The molecular formula is C17H21FN4O2S. The highest BCUT2D eigenvalue weighted by molar-refractivity contribution is 7.13. The van der Waals surface area contributed by atoms with Gasteiger partial charge in [-0.25, -0.2) is 14.2 Å². The second kappa shape index (κ2) is 7.79. The summed E-state index contributed by atoms with van der Waals surface area (Å²) in [5.74, 6) is -0.0978. The van der Waals surface area contributed by atoms with Crippen LogP contribution < -0.4 is 10.1 Å². The summed E-state index contributed by atoms with van der Waals surface area (Å²) in [4.78, 5) is 20.5. The first kappa shape index (κ1) is 17.6. The van der Waals surface area contributed by atoms with Crippen LogP contribution in [-0.2, 0) is 6.54 Å². The summed E-state index contributed by atoms with van der Waals surface area (Å²) < 4.78 is 18.7. The Labute approximate surface area is 150 Å². The number of piperazine rings is 1. The number of aryl methyl sites for hydroxylation is 1. The molecule has 3 rings (SSSR count). The fourth-order valence-corrected chi connectivity index (χ4v) is 3.44. The Morgan fingerprint density at radius 3 is 2.72 bits per heavy atom. The molecule has 0 bridgehead atoms. The number of amides is 2. The van der Waals surface area contributed by atoms with Crippen LogP contribution in [0.15, 0.2) is 23.6 Å². The number of aromatic nitrogens is 1. The van der Waals surface area contributed by atoms with Crippen molar-refractivity contribution in [2.45, 2.75) is 13.5 Å². The molecule has 0 saturated carbocycles. The average Bonchev–Trinajstić information content (AvgIpc) is 3.00. The lowest BCUT2D eigenvalue weighted by atomic mass is 10.2. The van der Waals surface area contributed by atoms with Gasteiger partial charge in [0.2, 0.25) is 0 Å². The zero-order chi connectivity index (χ0) is 17.8. The lowest BCUT2D eigenvalue weighted by Crippen LogP contribution is -2.49. The number of halogens is 1. The number of hydrogen-bond acceptors (Lipinski definition) is 5. The fourth-order valence-electron chi connectivity index (χ4n) is 2.76. The van der Waals surface area contributed by atoms with Crippen molar-refractivity contribution in [2.24, 2.45) is 0 Å². The maximum atomic E-state index is 13.8. The van der Waals surface area contributed by atoms with E-state index < -0.39 is 0 Å². The van der Waals surface area contributed by atoms with Crippen molar-refractivity contribution in [1.82, 2.24) is 14.8 Å². The molecule has 2 amide bonds. The molecular weight excluding hydrogens is 343 g/mol. The third-order valence-corrected chi connectivity index (χ3v) is 4.99. The van der Waals surface area contributed by atoms with Crippen LogP contribution >= 0.6 is 11.3 Å². The number of urea groups is 1. The van der Waals surface area contributed by atoms with E-state index in [0.29, 0.717) is 24.8 Å². The van der Waals surface area contributed by atoms with Crippen LogP contribution in [0.5, 0.6) is 5.75 Å². The first-order valence-corrected chi connectivity index (χ1v) is 8.96. The van der Waals surface area contributed by atoms with E-state index in [-0.39, 0.29) is 17.6 Å². The SMILES string of the molecule is COc1ccc(CN2CCN(C(=O)Nc3nc(C)cs3)CC2)cc1F. The first-order valence-electron chi connectivity index (χ1n) is 8.08. The van der Waals surface area contributed by atoms with Gasteiger partial charge in [-0.3, -0.25) is 10.2 Å². The van der Waals surface area contributed by atoms with Crippen LogP contribution in [0.1, 0.15) is 11.3 Å². The summed E-state index contributed by atoms with van der Waals surface area (Å²) in [5, 5.41) is 5.36. The van der Waals surface area contributed by atoms with Gasteiger partial charge in [0.1, 0.15) is 0 Å². The standard InChI is InChI=1S/C17H21FN4O2S/c1-12-11-25-16(19-12)20-17(23)22-7-5-21(6-8-22)10-13-3-4-15(24-2)14(18)9-13/h3-4,9,11H,5-8,10H2,1-2H3,(H,19,20,23). The number of thiazole rings is 1. The van der Waals surface area contributed by atoms with Gasteiger partial charge < -0.3 is 9.64 Å². The van der Waals surface area contributed by atoms with Gasteiger partial charge in [-0.2, -0.15) is 0 Å². The molecule has 6 nitrogen and oxygen atoms in total. The van der Waals surface area contributed by atoms with Gasteiger partial charge in [-0.05, 0) is 24.6 Å². The number of methoxy groups -OCH3 is 1. The van der Waals surface area contributed by atoms with E-state index in [9.17, 15) is 9.18 Å². The monoisotopic (exact) mass is 364 g/mol. The van der Waals surface area contributed by atoms with Crippen molar-refractivity contribution < 1.29 is 13.9 Å². The minimum absolute atomic E-state index is 0.121. The van der Waals surface area contributed by atoms with Gasteiger partial charge in [-0.15, -0.1) is 11.3 Å². The van der Waals surface area contributed by atoms with Crippen LogP contribution in [0.4, 0.5) is 14.3 Å². The molecule has 1 aliphatic heterocycles. The molecule has 1 aliphatic rings. The number of anilines is 1. The summed E-state index contributed by atoms with van der Waals surface area (Å²) in [7, 11) is 1.45. The van der Waals surface area contributed by atoms with Crippen molar-refractivity contribution in [2.75, 3.05) is 38.6 Å². The molecule has 0 radical (unpaired) electrons. The topological polar surface area (TPSA) is 57.7 Å².